The van der Waals surface area contributed by atoms with Gasteiger partial charge in [-0.2, -0.15) is 0 Å². The largest absolute Gasteiger partial charge is 0.0993 e. The molecule has 0 bridgehead atoms. The summed E-state index contributed by atoms with van der Waals surface area (Å²) in [5.74, 6) is 0. The summed E-state index contributed by atoms with van der Waals surface area (Å²) in [4.78, 5) is 0. The average molecular weight is 228 g/mol. The highest BCUT2D eigenvalue weighted by atomic mass is 14.4. The first-order valence-corrected chi connectivity index (χ1v) is 6.55. The van der Waals surface area contributed by atoms with Crippen molar-refractivity contribution in [1.29, 1.82) is 0 Å². The van der Waals surface area contributed by atoms with Gasteiger partial charge in [-0.25, -0.2) is 0 Å². The van der Waals surface area contributed by atoms with Crippen LogP contribution in [0.2, 0.25) is 0 Å². The summed E-state index contributed by atoms with van der Waals surface area (Å²) in [6, 6.07) is 6.93. The molecule has 0 heteroatoms. The number of allylic oxidation sites excluding steroid dienone is 1. The molecule has 0 radical (unpaired) electrons. The topological polar surface area (TPSA) is 0 Å². The number of hydrogen-bond acceptors (Lipinski definition) is 0. The predicted molar refractivity (Wildman–Crippen MR) is 75.6 cm³/mol. The van der Waals surface area contributed by atoms with Gasteiger partial charge in [0.15, 0.2) is 0 Å². The maximum atomic E-state index is 4.22. The van der Waals surface area contributed by atoms with E-state index in [4.69, 9.17) is 0 Å². The summed E-state index contributed by atoms with van der Waals surface area (Å²) in [7, 11) is 0. The van der Waals surface area contributed by atoms with E-state index in [1.807, 2.05) is 0 Å². The van der Waals surface area contributed by atoms with Crippen molar-refractivity contribution in [1.82, 2.24) is 0 Å². The van der Waals surface area contributed by atoms with Gasteiger partial charge in [0.1, 0.15) is 0 Å². The lowest BCUT2D eigenvalue weighted by molar-refractivity contribution is 0.345. The van der Waals surface area contributed by atoms with Gasteiger partial charge in [0.25, 0.3) is 0 Å². The average Bonchev–Trinajstić information content (AvgIpc) is 2.24. The first-order valence-electron chi connectivity index (χ1n) is 6.55. The molecule has 0 fully saturated rings. The van der Waals surface area contributed by atoms with Crippen molar-refractivity contribution in [2.24, 2.45) is 0 Å². The predicted octanol–water partition coefficient (Wildman–Crippen LogP) is 4.90. The molecule has 0 saturated carbocycles. The summed E-state index contributed by atoms with van der Waals surface area (Å²) in [5, 5.41) is 0. The lowest BCUT2D eigenvalue weighted by Gasteiger charge is -2.44. The van der Waals surface area contributed by atoms with Gasteiger partial charge < -0.3 is 0 Å². The molecule has 92 valence electrons. The lowest BCUT2D eigenvalue weighted by atomic mass is 9.60. The minimum atomic E-state index is 0.165. The van der Waals surface area contributed by atoms with E-state index >= 15 is 0 Å². The molecule has 1 unspecified atom stereocenters. The molecular weight excluding hydrogens is 204 g/mol. The van der Waals surface area contributed by atoms with E-state index in [1.165, 1.54) is 35.1 Å². The Kier molecular flexibility index (Phi) is 2.72. The van der Waals surface area contributed by atoms with Crippen LogP contribution in [-0.4, -0.2) is 0 Å². The fourth-order valence-electron chi connectivity index (χ4n) is 2.97. The zero-order valence-electron chi connectivity index (χ0n) is 11.9. The quantitative estimate of drug-likeness (QED) is 0.600. The van der Waals surface area contributed by atoms with E-state index in [-0.39, 0.29) is 5.41 Å². The highest BCUT2D eigenvalue weighted by molar-refractivity contribution is 5.47. The third-order valence-corrected chi connectivity index (χ3v) is 4.69. The monoisotopic (exact) mass is 228 g/mol. The Labute approximate surface area is 106 Å². The van der Waals surface area contributed by atoms with Crippen LogP contribution in [0.4, 0.5) is 0 Å². The first kappa shape index (κ1) is 12.4. The van der Waals surface area contributed by atoms with Gasteiger partial charge in [-0.15, -0.1) is 0 Å². The maximum Gasteiger partial charge on any atom is 0.0131 e. The lowest BCUT2D eigenvalue weighted by Crippen LogP contribution is -2.36. The number of aryl methyl sites for hydroxylation is 1. The fraction of sp³-hybridized carbons (Fsp3) is 0.529. The number of hydrogen-bond donors (Lipinski definition) is 0. The Balaban J connectivity index is 2.68. The Hall–Kier alpha value is -1.04. The summed E-state index contributed by atoms with van der Waals surface area (Å²) in [6.07, 6.45) is 2.46. The van der Waals surface area contributed by atoms with Crippen molar-refractivity contribution < 1.29 is 0 Å². The van der Waals surface area contributed by atoms with E-state index in [2.05, 4.69) is 59.4 Å². The molecule has 0 N–H and O–H groups in total. The van der Waals surface area contributed by atoms with Gasteiger partial charge in [-0.1, -0.05) is 56.7 Å². The van der Waals surface area contributed by atoms with Gasteiger partial charge in [0.2, 0.25) is 0 Å². The summed E-state index contributed by atoms with van der Waals surface area (Å²) in [6.45, 7) is 15.6. The highest BCUT2D eigenvalue weighted by Gasteiger charge is 2.39. The normalized spacial score (nSPS) is 26.4. The van der Waals surface area contributed by atoms with Crippen LogP contribution >= 0.6 is 0 Å². The second-order valence-electron chi connectivity index (χ2n) is 6.55. The molecule has 2 rings (SSSR count). The molecule has 0 saturated heterocycles. The third kappa shape index (κ3) is 1.84. The minimum Gasteiger partial charge on any atom is -0.0993 e. The van der Waals surface area contributed by atoms with Crippen LogP contribution in [0, 0.1) is 6.92 Å². The molecule has 0 aromatic heterocycles. The van der Waals surface area contributed by atoms with E-state index in [0.717, 1.165) is 0 Å². The maximum absolute atomic E-state index is 4.22. The summed E-state index contributed by atoms with van der Waals surface area (Å²) >= 11 is 0. The van der Waals surface area contributed by atoms with Crippen LogP contribution in [0.5, 0.6) is 0 Å². The molecule has 0 spiro atoms. The van der Waals surface area contributed by atoms with Crippen LogP contribution in [0.15, 0.2) is 30.4 Å². The first-order chi connectivity index (χ1) is 7.77. The van der Waals surface area contributed by atoms with Crippen molar-refractivity contribution >= 4 is 0 Å². The van der Waals surface area contributed by atoms with Crippen molar-refractivity contribution in [3.63, 3.8) is 0 Å². The number of benzene rings is 1. The Morgan fingerprint density at radius 3 is 2.35 bits per heavy atom. The molecule has 1 aromatic carbocycles. The van der Waals surface area contributed by atoms with E-state index in [0.29, 0.717) is 5.41 Å². The fourth-order valence-corrected chi connectivity index (χ4v) is 2.97. The summed E-state index contributed by atoms with van der Waals surface area (Å²) in [5.41, 5.74) is 6.14. The second-order valence-corrected chi connectivity index (χ2v) is 6.55. The number of fused-ring (bicyclic) bond motifs is 1. The molecule has 1 aliphatic carbocycles. The van der Waals surface area contributed by atoms with Crippen LogP contribution in [0.25, 0.3) is 0 Å². The van der Waals surface area contributed by atoms with Gasteiger partial charge >= 0.3 is 0 Å². The molecule has 0 nitrogen and oxygen atoms in total. The van der Waals surface area contributed by atoms with Gasteiger partial charge in [-0.05, 0) is 43.2 Å². The van der Waals surface area contributed by atoms with Gasteiger partial charge in [0, 0.05) is 5.41 Å². The SMILES string of the molecule is C=C(C)C1(C)CCC(C)(C)c2cc(C)ccc21. The van der Waals surface area contributed by atoms with Crippen LogP contribution in [0.1, 0.15) is 57.2 Å². The zero-order chi connectivity index (χ0) is 12.8. The standard InChI is InChI=1S/C17H24/c1-12(2)17(6)10-9-16(4,5)15-11-13(3)7-8-14(15)17/h7-8,11H,1,9-10H2,2-6H3. The van der Waals surface area contributed by atoms with Crippen molar-refractivity contribution in [3.8, 4) is 0 Å². The van der Waals surface area contributed by atoms with Crippen LogP contribution < -0.4 is 0 Å². The van der Waals surface area contributed by atoms with E-state index in [1.54, 1.807) is 0 Å². The van der Waals surface area contributed by atoms with Crippen LogP contribution in [0.3, 0.4) is 0 Å². The molecule has 0 aliphatic heterocycles. The van der Waals surface area contributed by atoms with Gasteiger partial charge in [-0.3, -0.25) is 0 Å². The van der Waals surface area contributed by atoms with E-state index in [9.17, 15) is 0 Å². The third-order valence-electron chi connectivity index (χ3n) is 4.69. The molecule has 0 amide bonds. The van der Waals surface area contributed by atoms with E-state index < -0.39 is 0 Å². The molecule has 17 heavy (non-hydrogen) atoms. The molecule has 1 aliphatic rings. The highest BCUT2D eigenvalue weighted by Crippen LogP contribution is 2.48. The molecule has 1 atom stereocenters. The Morgan fingerprint density at radius 1 is 1.12 bits per heavy atom. The smallest absolute Gasteiger partial charge is 0.0131 e. The van der Waals surface area contributed by atoms with Crippen molar-refractivity contribution in [2.75, 3.05) is 0 Å². The van der Waals surface area contributed by atoms with Crippen molar-refractivity contribution in [3.05, 3.63) is 47.0 Å². The van der Waals surface area contributed by atoms with Gasteiger partial charge in [0.05, 0.1) is 0 Å². The zero-order valence-corrected chi connectivity index (χ0v) is 11.9. The Bertz CT molecular complexity index is 465. The molecule has 0 heterocycles. The number of rotatable bonds is 1. The van der Waals surface area contributed by atoms with Crippen LogP contribution in [-0.2, 0) is 10.8 Å². The molecule has 1 aromatic rings. The Morgan fingerprint density at radius 2 is 1.76 bits per heavy atom. The summed E-state index contributed by atoms with van der Waals surface area (Å²) < 4.78 is 0. The minimum absolute atomic E-state index is 0.165. The molecular formula is C17H24. The van der Waals surface area contributed by atoms with Crippen molar-refractivity contribution in [2.45, 2.75) is 58.3 Å². The second kappa shape index (κ2) is 3.73.